The molecule has 0 saturated carbocycles. The summed E-state index contributed by atoms with van der Waals surface area (Å²) in [4.78, 5) is 11.2. The Labute approximate surface area is 120 Å². The molecule has 0 fully saturated rings. The van der Waals surface area contributed by atoms with Crippen LogP contribution in [0.1, 0.15) is 83.5 Å². The van der Waals surface area contributed by atoms with E-state index in [-0.39, 0.29) is 0 Å². The molecular weight excluding hydrogens is 232 g/mol. The van der Waals surface area contributed by atoms with Gasteiger partial charge in [0.15, 0.2) is 0 Å². The molecule has 0 aliphatic carbocycles. The minimum Gasteiger partial charge on any atom is -0.299 e. The third-order valence-corrected chi connectivity index (χ3v) is 3.49. The molecular formula is C18H32O. The lowest BCUT2D eigenvalue weighted by molar-refractivity contribution is -0.118. The molecule has 0 aromatic carbocycles. The van der Waals surface area contributed by atoms with Crippen molar-refractivity contribution in [3.63, 3.8) is 0 Å². The maximum atomic E-state index is 11.2. The molecule has 0 amide bonds. The number of Topliss-reactive ketones (excluding diaryl/α,β-unsaturated/α-hetero) is 1. The number of hydrogen-bond donors (Lipinski definition) is 0. The van der Waals surface area contributed by atoms with E-state index >= 15 is 0 Å². The van der Waals surface area contributed by atoms with Crippen molar-refractivity contribution in [2.24, 2.45) is 0 Å². The first kappa shape index (κ1) is 18.1. The van der Waals surface area contributed by atoms with Gasteiger partial charge in [-0.25, -0.2) is 0 Å². The maximum Gasteiger partial charge on any atom is 0.136 e. The van der Waals surface area contributed by atoms with Gasteiger partial charge in [-0.3, -0.25) is 4.79 Å². The topological polar surface area (TPSA) is 17.1 Å². The SMILES string of the molecule is C=CCCCCCCCCCCCCC(=O)CC=C. The van der Waals surface area contributed by atoms with Crippen LogP contribution in [0.5, 0.6) is 0 Å². The number of ketones is 1. The molecule has 19 heavy (non-hydrogen) atoms. The summed E-state index contributed by atoms with van der Waals surface area (Å²) in [6.07, 6.45) is 19.3. The van der Waals surface area contributed by atoms with Crippen molar-refractivity contribution < 1.29 is 4.79 Å². The van der Waals surface area contributed by atoms with Crippen molar-refractivity contribution in [2.45, 2.75) is 83.5 Å². The highest BCUT2D eigenvalue weighted by atomic mass is 16.1. The smallest absolute Gasteiger partial charge is 0.136 e. The molecule has 0 radical (unpaired) electrons. The van der Waals surface area contributed by atoms with E-state index in [2.05, 4.69) is 13.2 Å². The molecule has 1 nitrogen and oxygen atoms in total. The summed E-state index contributed by atoms with van der Waals surface area (Å²) in [6, 6.07) is 0. The van der Waals surface area contributed by atoms with E-state index in [9.17, 15) is 4.79 Å². The molecule has 0 heterocycles. The first-order chi connectivity index (χ1) is 9.31. The number of carbonyl (C=O) groups excluding carboxylic acids is 1. The zero-order valence-electron chi connectivity index (χ0n) is 12.7. The first-order valence-electron chi connectivity index (χ1n) is 8.04. The molecule has 0 atom stereocenters. The van der Waals surface area contributed by atoms with Gasteiger partial charge in [0.2, 0.25) is 0 Å². The van der Waals surface area contributed by atoms with Gasteiger partial charge in [-0.05, 0) is 19.3 Å². The molecule has 1 heteroatoms. The van der Waals surface area contributed by atoms with Crippen molar-refractivity contribution in [3.05, 3.63) is 25.3 Å². The zero-order valence-corrected chi connectivity index (χ0v) is 12.7. The lowest BCUT2D eigenvalue weighted by Crippen LogP contribution is -1.94. The lowest BCUT2D eigenvalue weighted by atomic mass is 10.0. The number of allylic oxidation sites excluding steroid dienone is 2. The molecule has 0 bridgehead atoms. The van der Waals surface area contributed by atoms with E-state index in [0.717, 1.165) is 12.8 Å². The largest absolute Gasteiger partial charge is 0.299 e. The Balaban J connectivity index is 3.04. The molecule has 0 aromatic heterocycles. The van der Waals surface area contributed by atoms with Gasteiger partial charge in [-0.1, -0.05) is 63.5 Å². The average molecular weight is 264 g/mol. The Morgan fingerprint density at radius 1 is 0.684 bits per heavy atom. The van der Waals surface area contributed by atoms with Crippen LogP contribution in [0, 0.1) is 0 Å². The molecule has 0 rings (SSSR count). The summed E-state index contributed by atoms with van der Waals surface area (Å²) in [7, 11) is 0. The third kappa shape index (κ3) is 15.1. The minimum absolute atomic E-state index is 0.342. The first-order valence-corrected chi connectivity index (χ1v) is 8.04. The fourth-order valence-corrected chi connectivity index (χ4v) is 2.29. The van der Waals surface area contributed by atoms with Crippen molar-refractivity contribution in [1.82, 2.24) is 0 Å². The second-order valence-corrected chi connectivity index (χ2v) is 5.39. The van der Waals surface area contributed by atoms with E-state index < -0.39 is 0 Å². The Bertz CT molecular complexity index is 230. The molecule has 0 saturated heterocycles. The highest BCUT2D eigenvalue weighted by Crippen LogP contribution is 2.12. The molecule has 110 valence electrons. The summed E-state index contributed by atoms with van der Waals surface area (Å²) in [6.45, 7) is 7.32. The number of hydrogen-bond acceptors (Lipinski definition) is 1. The summed E-state index contributed by atoms with van der Waals surface area (Å²) >= 11 is 0. The van der Waals surface area contributed by atoms with Crippen LogP contribution in [0.15, 0.2) is 25.3 Å². The second kappa shape index (κ2) is 15.2. The van der Waals surface area contributed by atoms with E-state index in [4.69, 9.17) is 0 Å². The van der Waals surface area contributed by atoms with Crippen molar-refractivity contribution in [2.75, 3.05) is 0 Å². The number of rotatable bonds is 15. The molecule has 0 aliphatic rings. The van der Waals surface area contributed by atoms with Gasteiger partial charge in [-0.2, -0.15) is 0 Å². The van der Waals surface area contributed by atoms with Gasteiger partial charge in [0.25, 0.3) is 0 Å². The lowest BCUT2D eigenvalue weighted by Gasteiger charge is -2.02. The second-order valence-electron chi connectivity index (χ2n) is 5.39. The van der Waals surface area contributed by atoms with Crippen molar-refractivity contribution >= 4 is 5.78 Å². The van der Waals surface area contributed by atoms with Gasteiger partial charge < -0.3 is 0 Å². The van der Waals surface area contributed by atoms with Gasteiger partial charge in [-0.15, -0.1) is 13.2 Å². The third-order valence-electron chi connectivity index (χ3n) is 3.49. The van der Waals surface area contributed by atoms with Crippen LogP contribution in [0.3, 0.4) is 0 Å². The van der Waals surface area contributed by atoms with Crippen LogP contribution in [-0.4, -0.2) is 5.78 Å². The van der Waals surface area contributed by atoms with E-state index in [1.165, 1.54) is 64.2 Å². The molecule has 0 unspecified atom stereocenters. The fourth-order valence-electron chi connectivity index (χ4n) is 2.29. The highest BCUT2D eigenvalue weighted by molar-refractivity contribution is 5.79. The Kier molecular flexibility index (Phi) is 14.5. The van der Waals surface area contributed by atoms with Crippen LogP contribution in [0.4, 0.5) is 0 Å². The van der Waals surface area contributed by atoms with Crippen LogP contribution >= 0.6 is 0 Å². The monoisotopic (exact) mass is 264 g/mol. The molecule has 0 aromatic rings. The molecule has 0 N–H and O–H groups in total. The predicted octanol–water partition coefficient (Wildman–Crippen LogP) is 6.00. The van der Waals surface area contributed by atoms with Gasteiger partial charge in [0, 0.05) is 12.8 Å². The van der Waals surface area contributed by atoms with Gasteiger partial charge in [0.05, 0.1) is 0 Å². The highest BCUT2D eigenvalue weighted by Gasteiger charge is 1.98. The Hall–Kier alpha value is -0.850. The van der Waals surface area contributed by atoms with Crippen molar-refractivity contribution in [1.29, 1.82) is 0 Å². The Morgan fingerprint density at radius 2 is 1.16 bits per heavy atom. The summed E-state index contributed by atoms with van der Waals surface area (Å²) in [5, 5.41) is 0. The van der Waals surface area contributed by atoms with Gasteiger partial charge in [0.1, 0.15) is 5.78 Å². The summed E-state index contributed by atoms with van der Waals surface area (Å²) in [5.74, 6) is 0.342. The van der Waals surface area contributed by atoms with Crippen LogP contribution < -0.4 is 0 Å². The average Bonchev–Trinajstić information content (AvgIpc) is 2.40. The number of unbranched alkanes of at least 4 members (excludes halogenated alkanes) is 10. The van der Waals surface area contributed by atoms with Crippen LogP contribution in [0.2, 0.25) is 0 Å². The van der Waals surface area contributed by atoms with Crippen LogP contribution in [0.25, 0.3) is 0 Å². The zero-order chi connectivity index (χ0) is 14.2. The molecule has 0 spiro atoms. The fraction of sp³-hybridized carbons (Fsp3) is 0.722. The maximum absolute atomic E-state index is 11.2. The molecule has 0 aliphatic heterocycles. The minimum atomic E-state index is 0.342. The Morgan fingerprint density at radius 3 is 1.63 bits per heavy atom. The normalized spacial score (nSPS) is 10.3. The summed E-state index contributed by atoms with van der Waals surface area (Å²) < 4.78 is 0. The standard InChI is InChI=1S/C18H32O/c1-3-5-6-7-8-9-10-11-12-13-14-15-17-18(19)16-4-2/h3-4H,1-2,5-17H2. The summed E-state index contributed by atoms with van der Waals surface area (Å²) in [5.41, 5.74) is 0. The van der Waals surface area contributed by atoms with E-state index in [1.54, 1.807) is 6.08 Å². The number of carbonyl (C=O) groups is 1. The predicted molar refractivity (Wildman–Crippen MR) is 85.4 cm³/mol. The van der Waals surface area contributed by atoms with Crippen LogP contribution in [-0.2, 0) is 4.79 Å². The quantitative estimate of drug-likeness (QED) is 0.262. The van der Waals surface area contributed by atoms with Crippen molar-refractivity contribution in [3.8, 4) is 0 Å². The van der Waals surface area contributed by atoms with Gasteiger partial charge >= 0.3 is 0 Å². The van der Waals surface area contributed by atoms with E-state index in [0.29, 0.717) is 12.2 Å². The van der Waals surface area contributed by atoms with E-state index in [1.807, 2.05) is 6.08 Å².